The lowest BCUT2D eigenvalue weighted by Crippen LogP contribution is -2.44. The van der Waals surface area contributed by atoms with Crippen LogP contribution in [-0.4, -0.2) is 65.5 Å². The van der Waals surface area contributed by atoms with Crippen molar-refractivity contribution >= 4 is 23.5 Å². The summed E-state index contributed by atoms with van der Waals surface area (Å²) in [6.07, 6.45) is 2.47. The normalized spacial score (nSPS) is 13.9. The van der Waals surface area contributed by atoms with Gasteiger partial charge in [0, 0.05) is 74.0 Å². The molecule has 1 amide bonds. The molecule has 1 fully saturated rings. The van der Waals surface area contributed by atoms with Crippen LogP contribution in [0.2, 0.25) is 0 Å². The molecule has 0 atom stereocenters. The molecular formula is C30H32N6OS. The Morgan fingerprint density at radius 3 is 2.53 bits per heavy atom. The first-order valence-corrected chi connectivity index (χ1v) is 13.9. The van der Waals surface area contributed by atoms with Crippen molar-refractivity contribution in [2.75, 3.05) is 44.7 Å². The number of nitrogens with zero attached hydrogens (tertiary/aromatic N) is 5. The predicted octanol–water partition coefficient (Wildman–Crippen LogP) is 4.56. The minimum Gasteiger partial charge on any atom is -0.354 e. The van der Waals surface area contributed by atoms with E-state index in [9.17, 15) is 4.79 Å². The highest BCUT2D eigenvalue weighted by Crippen LogP contribution is 2.28. The van der Waals surface area contributed by atoms with Gasteiger partial charge in [-0.25, -0.2) is 9.97 Å². The molecule has 7 nitrogen and oxygen atoms in total. The van der Waals surface area contributed by atoms with Crippen LogP contribution in [-0.2, 0) is 12.2 Å². The van der Waals surface area contributed by atoms with Crippen LogP contribution in [0.5, 0.6) is 0 Å². The maximum Gasteiger partial charge on any atom is 0.251 e. The summed E-state index contributed by atoms with van der Waals surface area (Å²) in [7, 11) is 2.16. The number of carbonyl (C=O) groups excluding carboxylic acids is 1. The third-order valence-corrected chi connectivity index (χ3v) is 7.46. The number of amides is 1. The van der Waals surface area contributed by atoms with Crippen molar-refractivity contribution < 1.29 is 4.79 Å². The Hall–Kier alpha value is -3.75. The van der Waals surface area contributed by atoms with Crippen molar-refractivity contribution in [3.63, 3.8) is 0 Å². The largest absolute Gasteiger partial charge is 0.354 e. The molecule has 2 aromatic carbocycles. The lowest BCUT2D eigenvalue weighted by Gasteiger charge is -2.33. The average molecular weight is 525 g/mol. The first kappa shape index (κ1) is 25.9. The van der Waals surface area contributed by atoms with E-state index >= 15 is 0 Å². The van der Waals surface area contributed by atoms with Crippen LogP contribution in [0.15, 0.2) is 90.2 Å². The summed E-state index contributed by atoms with van der Waals surface area (Å²) in [6, 6.07) is 25.9. The second-order valence-electron chi connectivity index (χ2n) is 9.37. The van der Waals surface area contributed by atoms with Crippen LogP contribution >= 0.6 is 11.8 Å². The van der Waals surface area contributed by atoms with E-state index in [0.717, 1.165) is 59.7 Å². The third kappa shape index (κ3) is 6.96. The van der Waals surface area contributed by atoms with Crippen molar-refractivity contribution in [3.8, 4) is 11.3 Å². The van der Waals surface area contributed by atoms with Gasteiger partial charge < -0.3 is 15.1 Å². The van der Waals surface area contributed by atoms with Crippen molar-refractivity contribution in [1.29, 1.82) is 0 Å². The van der Waals surface area contributed by atoms with E-state index in [-0.39, 0.29) is 5.91 Å². The molecule has 1 aliphatic rings. The summed E-state index contributed by atoms with van der Waals surface area (Å²) in [6.45, 7) is 4.48. The predicted molar refractivity (Wildman–Crippen MR) is 153 cm³/mol. The third-order valence-electron chi connectivity index (χ3n) is 6.54. The standard InChI is InChI=1S/C30H32N6OS/c1-35-16-18-36(19-17-35)28-21-27(24-9-3-2-4-10-24)33-30(34-28)38-22-23-8-7-11-25(20-23)29(37)32-15-13-26-12-5-6-14-31-26/h2-12,14,20-21H,13,15-19,22H2,1H3,(H,32,37). The molecule has 194 valence electrons. The number of nitrogens with one attached hydrogen (secondary N) is 1. The number of rotatable bonds is 9. The Morgan fingerprint density at radius 1 is 0.921 bits per heavy atom. The molecule has 1 saturated heterocycles. The zero-order valence-electron chi connectivity index (χ0n) is 21.6. The van der Waals surface area contributed by atoms with Gasteiger partial charge in [0.15, 0.2) is 5.16 Å². The van der Waals surface area contributed by atoms with Gasteiger partial charge in [-0.15, -0.1) is 0 Å². The highest BCUT2D eigenvalue weighted by molar-refractivity contribution is 7.98. The SMILES string of the molecule is CN1CCN(c2cc(-c3ccccc3)nc(SCc3cccc(C(=O)NCCc4ccccn4)c3)n2)CC1. The average Bonchev–Trinajstić information content (AvgIpc) is 2.97. The highest BCUT2D eigenvalue weighted by Gasteiger charge is 2.18. The molecule has 0 unspecified atom stereocenters. The van der Waals surface area contributed by atoms with E-state index in [1.807, 2.05) is 60.7 Å². The van der Waals surface area contributed by atoms with E-state index in [4.69, 9.17) is 9.97 Å². The van der Waals surface area contributed by atoms with E-state index in [1.54, 1.807) is 18.0 Å². The lowest BCUT2D eigenvalue weighted by atomic mass is 10.1. The summed E-state index contributed by atoms with van der Waals surface area (Å²) in [5, 5.41) is 3.74. The molecular weight excluding hydrogens is 492 g/mol. The van der Waals surface area contributed by atoms with Gasteiger partial charge in [0.1, 0.15) is 5.82 Å². The Bertz CT molecular complexity index is 1340. The van der Waals surface area contributed by atoms with Crippen molar-refractivity contribution in [2.24, 2.45) is 0 Å². The Kier molecular flexibility index (Phi) is 8.63. The molecule has 0 aliphatic carbocycles. The monoisotopic (exact) mass is 524 g/mol. The van der Waals surface area contributed by atoms with Crippen LogP contribution < -0.4 is 10.2 Å². The molecule has 0 bridgehead atoms. The Labute approximate surface area is 228 Å². The van der Waals surface area contributed by atoms with Gasteiger partial charge in [-0.1, -0.05) is 60.3 Å². The van der Waals surface area contributed by atoms with Gasteiger partial charge in [0.2, 0.25) is 0 Å². The number of pyridine rings is 1. The fourth-order valence-corrected chi connectivity index (χ4v) is 5.13. The van der Waals surface area contributed by atoms with E-state index in [2.05, 4.69) is 45.3 Å². The minimum absolute atomic E-state index is 0.0764. The number of piperazine rings is 1. The summed E-state index contributed by atoms with van der Waals surface area (Å²) in [4.78, 5) is 31.5. The molecule has 3 heterocycles. The second kappa shape index (κ2) is 12.7. The first-order chi connectivity index (χ1) is 18.6. The maximum atomic E-state index is 12.7. The molecule has 5 rings (SSSR count). The molecule has 0 saturated carbocycles. The molecule has 1 N–H and O–H groups in total. The highest BCUT2D eigenvalue weighted by atomic mass is 32.2. The number of hydrogen-bond donors (Lipinski definition) is 1. The summed E-state index contributed by atoms with van der Waals surface area (Å²) < 4.78 is 0. The quantitative estimate of drug-likeness (QED) is 0.254. The summed E-state index contributed by atoms with van der Waals surface area (Å²) in [5.74, 6) is 1.57. The zero-order valence-corrected chi connectivity index (χ0v) is 22.4. The molecule has 0 radical (unpaired) electrons. The van der Waals surface area contributed by atoms with Crippen molar-refractivity contribution in [2.45, 2.75) is 17.3 Å². The molecule has 0 spiro atoms. The number of likely N-dealkylation sites (N-methyl/N-ethyl adjacent to an activating group) is 1. The first-order valence-electron chi connectivity index (χ1n) is 12.9. The number of benzene rings is 2. The molecule has 4 aromatic rings. The molecule has 1 aliphatic heterocycles. The number of anilines is 1. The number of carbonyl (C=O) groups is 1. The van der Waals surface area contributed by atoms with Gasteiger partial charge >= 0.3 is 0 Å². The van der Waals surface area contributed by atoms with Gasteiger partial charge in [-0.05, 0) is 36.9 Å². The van der Waals surface area contributed by atoms with Crippen molar-refractivity contribution in [1.82, 2.24) is 25.2 Å². The number of hydrogen-bond acceptors (Lipinski definition) is 7. The van der Waals surface area contributed by atoms with E-state index in [1.165, 1.54) is 0 Å². The molecule has 8 heteroatoms. The van der Waals surface area contributed by atoms with Gasteiger partial charge in [0.05, 0.1) is 5.69 Å². The maximum absolute atomic E-state index is 12.7. The number of thioether (sulfide) groups is 1. The van der Waals surface area contributed by atoms with Gasteiger partial charge in [-0.3, -0.25) is 9.78 Å². The Morgan fingerprint density at radius 2 is 1.74 bits per heavy atom. The molecule has 38 heavy (non-hydrogen) atoms. The van der Waals surface area contributed by atoms with Crippen LogP contribution in [0.25, 0.3) is 11.3 Å². The van der Waals surface area contributed by atoms with Crippen LogP contribution in [0.3, 0.4) is 0 Å². The summed E-state index contributed by atoms with van der Waals surface area (Å²) in [5.41, 5.74) is 4.68. The number of aromatic nitrogens is 3. The van der Waals surface area contributed by atoms with Gasteiger partial charge in [0.25, 0.3) is 5.91 Å². The fourth-order valence-electron chi connectivity index (χ4n) is 4.33. The van der Waals surface area contributed by atoms with E-state index in [0.29, 0.717) is 24.3 Å². The minimum atomic E-state index is -0.0764. The Balaban J connectivity index is 1.27. The van der Waals surface area contributed by atoms with Gasteiger partial charge in [-0.2, -0.15) is 0 Å². The van der Waals surface area contributed by atoms with Crippen LogP contribution in [0.4, 0.5) is 5.82 Å². The topological polar surface area (TPSA) is 74.2 Å². The molecule has 2 aromatic heterocycles. The second-order valence-corrected chi connectivity index (χ2v) is 10.3. The van der Waals surface area contributed by atoms with Crippen LogP contribution in [0.1, 0.15) is 21.6 Å². The summed E-state index contributed by atoms with van der Waals surface area (Å²) >= 11 is 1.60. The van der Waals surface area contributed by atoms with Crippen molar-refractivity contribution in [3.05, 3.63) is 102 Å². The van der Waals surface area contributed by atoms with Crippen LogP contribution in [0, 0.1) is 0 Å². The fraction of sp³-hybridized carbons (Fsp3) is 0.267. The smallest absolute Gasteiger partial charge is 0.251 e. The lowest BCUT2D eigenvalue weighted by molar-refractivity contribution is 0.0954. The van der Waals surface area contributed by atoms with E-state index < -0.39 is 0 Å². The zero-order chi connectivity index (χ0) is 26.2.